The maximum atomic E-state index is 3.94. The zero-order valence-electron chi connectivity index (χ0n) is 17.3. The van der Waals surface area contributed by atoms with Crippen molar-refractivity contribution < 1.29 is 0 Å². The number of hydrogen-bond donors (Lipinski definition) is 0. The zero-order chi connectivity index (χ0) is 18.5. The van der Waals surface area contributed by atoms with E-state index in [1.54, 1.807) is 18.4 Å². The molecule has 0 atom stereocenters. The van der Waals surface area contributed by atoms with Crippen LogP contribution in [0, 0.1) is 29.6 Å². The fourth-order valence-electron chi connectivity index (χ4n) is 6.87. The third-order valence-corrected chi connectivity index (χ3v) is 8.58. The molecule has 0 aromatic heterocycles. The Kier molecular flexibility index (Phi) is 6.74. The Morgan fingerprint density at radius 3 is 1.56 bits per heavy atom. The van der Waals surface area contributed by atoms with Crippen molar-refractivity contribution >= 4 is 0 Å². The topological polar surface area (TPSA) is 0 Å². The van der Waals surface area contributed by atoms with Crippen molar-refractivity contribution in [3.05, 3.63) is 48.6 Å². The fraction of sp³-hybridized carbons (Fsp3) is 0.704. The SMILES string of the molecule is C=CC[C@H]1CC[C@H]([C@H]2CC[C@H]([C@H]3CC[C@H](c4ccccc4)CC3)CC2)CC1. The third kappa shape index (κ3) is 4.87. The largest absolute Gasteiger partial charge is 0.103 e. The molecule has 0 saturated heterocycles. The van der Waals surface area contributed by atoms with Gasteiger partial charge in [-0.2, -0.15) is 0 Å². The molecular formula is C27H40. The average Bonchev–Trinajstić information content (AvgIpc) is 2.75. The first-order valence-corrected chi connectivity index (χ1v) is 12.0. The highest BCUT2D eigenvalue weighted by Gasteiger charge is 2.34. The second kappa shape index (κ2) is 9.44. The predicted molar refractivity (Wildman–Crippen MR) is 117 cm³/mol. The van der Waals surface area contributed by atoms with Gasteiger partial charge >= 0.3 is 0 Å². The standard InChI is InChI=1S/C27H40/c1-2-6-21-9-11-23(12-10-21)25-17-19-27(20-18-25)26-15-13-24(14-16-26)22-7-4-3-5-8-22/h2-5,7-8,21,23-27H,1,6,9-20H2/t21-,23-,24-,25-,26-,27-. The lowest BCUT2D eigenvalue weighted by Crippen LogP contribution is -2.29. The summed E-state index contributed by atoms with van der Waals surface area (Å²) in [4.78, 5) is 0. The van der Waals surface area contributed by atoms with Crippen molar-refractivity contribution in [2.75, 3.05) is 0 Å². The number of allylic oxidation sites excluding steroid dienone is 1. The van der Waals surface area contributed by atoms with Crippen LogP contribution in [0.15, 0.2) is 43.0 Å². The fourth-order valence-corrected chi connectivity index (χ4v) is 6.87. The molecule has 0 radical (unpaired) electrons. The quantitative estimate of drug-likeness (QED) is 0.462. The molecule has 1 aromatic rings. The van der Waals surface area contributed by atoms with E-state index in [0.29, 0.717) is 0 Å². The van der Waals surface area contributed by atoms with E-state index in [2.05, 4.69) is 43.0 Å². The minimum Gasteiger partial charge on any atom is -0.103 e. The predicted octanol–water partition coefficient (Wildman–Crippen LogP) is 8.15. The molecule has 0 N–H and O–H groups in total. The molecule has 3 aliphatic rings. The molecule has 27 heavy (non-hydrogen) atoms. The summed E-state index contributed by atoms with van der Waals surface area (Å²) in [6.07, 6.45) is 21.4. The molecule has 4 rings (SSSR count). The first kappa shape index (κ1) is 19.3. The van der Waals surface area contributed by atoms with E-state index in [9.17, 15) is 0 Å². The molecule has 3 fully saturated rings. The Labute approximate surface area is 167 Å². The third-order valence-electron chi connectivity index (χ3n) is 8.58. The van der Waals surface area contributed by atoms with E-state index in [0.717, 1.165) is 35.5 Å². The molecule has 0 bridgehead atoms. The number of hydrogen-bond acceptors (Lipinski definition) is 0. The molecular weight excluding hydrogens is 324 g/mol. The Morgan fingerprint density at radius 2 is 1.07 bits per heavy atom. The molecule has 0 spiro atoms. The van der Waals surface area contributed by atoms with Crippen LogP contribution in [0.1, 0.15) is 95.0 Å². The lowest BCUT2D eigenvalue weighted by molar-refractivity contribution is 0.110. The second-order valence-electron chi connectivity index (χ2n) is 10.0. The molecule has 1 aromatic carbocycles. The smallest absolute Gasteiger partial charge is 0.0162 e. The van der Waals surface area contributed by atoms with Crippen molar-refractivity contribution in [3.8, 4) is 0 Å². The van der Waals surface area contributed by atoms with E-state index >= 15 is 0 Å². The summed E-state index contributed by atoms with van der Waals surface area (Å²) < 4.78 is 0. The average molecular weight is 365 g/mol. The van der Waals surface area contributed by atoms with E-state index in [1.807, 2.05) is 0 Å². The molecule has 0 heteroatoms. The molecule has 0 amide bonds. The van der Waals surface area contributed by atoms with Crippen LogP contribution in [0.5, 0.6) is 0 Å². The van der Waals surface area contributed by atoms with Crippen LogP contribution in [-0.2, 0) is 0 Å². The normalized spacial score (nSPS) is 37.6. The van der Waals surface area contributed by atoms with Crippen molar-refractivity contribution in [2.45, 2.75) is 89.4 Å². The van der Waals surface area contributed by atoms with Gasteiger partial charge in [-0.15, -0.1) is 6.58 Å². The maximum absolute atomic E-state index is 3.94. The van der Waals surface area contributed by atoms with Crippen LogP contribution in [0.4, 0.5) is 0 Å². The van der Waals surface area contributed by atoms with Crippen molar-refractivity contribution in [1.82, 2.24) is 0 Å². The van der Waals surface area contributed by atoms with E-state index in [1.165, 1.54) is 70.6 Å². The van der Waals surface area contributed by atoms with Gasteiger partial charge < -0.3 is 0 Å². The first-order valence-electron chi connectivity index (χ1n) is 12.0. The lowest BCUT2D eigenvalue weighted by Gasteiger charge is -2.41. The first-order chi connectivity index (χ1) is 13.3. The Hall–Kier alpha value is -1.04. The molecule has 3 saturated carbocycles. The van der Waals surface area contributed by atoms with Gasteiger partial charge in [-0.3, -0.25) is 0 Å². The minimum absolute atomic E-state index is 0.838. The number of benzene rings is 1. The summed E-state index contributed by atoms with van der Waals surface area (Å²) in [7, 11) is 0. The Balaban J connectivity index is 1.20. The van der Waals surface area contributed by atoms with Crippen molar-refractivity contribution in [1.29, 1.82) is 0 Å². The van der Waals surface area contributed by atoms with Crippen molar-refractivity contribution in [2.24, 2.45) is 29.6 Å². The van der Waals surface area contributed by atoms with E-state index < -0.39 is 0 Å². The summed E-state index contributed by atoms with van der Waals surface area (Å²) in [5, 5.41) is 0. The summed E-state index contributed by atoms with van der Waals surface area (Å²) >= 11 is 0. The van der Waals surface area contributed by atoms with Crippen LogP contribution in [0.2, 0.25) is 0 Å². The monoisotopic (exact) mass is 364 g/mol. The summed E-state index contributed by atoms with van der Waals surface area (Å²) in [5.74, 6) is 6.00. The Morgan fingerprint density at radius 1 is 0.630 bits per heavy atom. The summed E-state index contributed by atoms with van der Waals surface area (Å²) in [6.45, 7) is 3.94. The Bertz CT molecular complexity index is 549. The molecule has 0 unspecified atom stereocenters. The van der Waals surface area contributed by atoms with Crippen LogP contribution in [0.25, 0.3) is 0 Å². The molecule has 0 nitrogen and oxygen atoms in total. The minimum atomic E-state index is 0.838. The van der Waals surface area contributed by atoms with Gasteiger partial charge in [-0.05, 0) is 125 Å². The number of rotatable bonds is 5. The summed E-state index contributed by atoms with van der Waals surface area (Å²) in [5.41, 5.74) is 1.59. The highest BCUT2D eigenvalue weighted by atomic mass is 14.4. The van der Waals surface area contributed by atoms with Gasteiger partial charge in [-0.25, -0.2) is 0 Å². The molecule has 3 aliphatic carbocycles. The van der Waals surface area contributed by atoms with Crippen LogP contribution < -0.4 is 0 Å². The molecule has 148 valence electrons. The van der Waals surface area contributed by atoms with Gasteiger partial charge in [0, 0.05) is 0 Å². The van der Waals surface area contributed by atoms with Crippen molar-refractivity contribution in [3.63, 3.8) is 0 Å². The van der Waals surface area contributed by atoms with Crippen LogP contribution >= 0.6 is 0 Å². The van der Waals surface area contributed by atoms with E-state index in [4.69, 9.17) is 0 Å². The summed E-state index contributed by atoms with van der Waals surface area (Å²) in [6, 6.07) is 11.3. The molecule has 0 aliphatic heterocycles. The van der Waals surface area contributed by atoms with Gasteiger partial charge in [0.25, 0.3) is 0 Å². The maximum Gasteiger partial charge on any atom is -0.0162 e. The lowest BCUT2D eigenvalue weighted by atomic mass is 9.64. The zero-order valence-corrected chi connectivity index (χ0v) is 17.3. The van der Waals surface area contributed by atoms with Gasteiger partial charge in [0.2, 0.25) is 0 Å². The van der Waals surface area contributed by atoms with Gasteiger partial charge in [0.05, 0.1) is 0 Å². The highest BCUT2D eigenvalue weighted by Crippen LogP contribution is 2.47. The van der Waals surface area contributed by atoms with Gasteiger partial charge in [0.15, 0.2) is 0 Å². The van der Waals surface area contributed by atoms with Crippen LogP contribution in [-0.4, -0.2) is 0 Å². The second-order valence-corrected chi connectivity index (χ2v) is 10.0. The van der Waals surface area contributed by atoms with Gasteiger partial charge in [-0.1, -0.05) is 36.4 Å². The van der Waals surface area contributed by atoms with Gasteiger partial charge in [0.1, 0.15) is 0 Å². The highest BCUT2D eigenvalue weighted by molar-refractivity contribution is 5.19. The van der Waals surface area contributed by atoms with E-state index in [-0.39, 0.29) is 0 Å². The van der Waals surface area contributed by atoms with Crippen LogP contribution in [0.3, 0.4) is 0 Å². The molecule has 0 heterocycles.